The van der Waals surface area contributed by atoms with Crippen LogP contribution in [-0.4, -0.2) is 19.8 Å². The zero-order valence-corrected chi connectivity index (χ0v) is 8.91. The van der Waals surface area contributed by atoms with Crippen LogP contribution in [0.2, 0.25) is 0 Å². The Hall–Kier alpha value is -1.22. The van der Waals surface area contributed by atoms with Crippen LogP contribution in [0.1, 0.15) is 12.5 Å². The number of rotatable bonds is 4. The zero-order chi connectivity index (χ0) is 10.6. The summed E-state index contributed by atoms with van der Waals surface area (Å²) in [7, 11) is 1.64. The molecule has 0 saturated carbocycles. The molecule has 78 valence electrons. The van der Waals surface area contributed by atoms with Crippen LogP contribution in [0.25, 0.3) is 0 Å². The Morgan fingerprint density at radius 1 is 1.29 bits per heavy atom. The fourth-order valence-corrected chi connectivity index (χ4v) is 1.14. The second-order valence-electron chi connectivity index (χ2n) is 3.47. The van der Waals surface area contributed by atoms with E-state index in [-0.39, 0.29) is 6.04 Å². The van der Waals surface area contributed by atoms with E-state index in [0.717, 1.165) is 17.1 Å². The number of methoxy groups -OCH3 is 1. The number of ether oxygens (including phenoxy) is 2. The molecule has 0 aliphatic heterocycles. The Balaban J connectivity index is 2.71. The molecule has 1 aromatic carbocycles. The molecule has 0 radical (unpaired) electrons. The van der Waals surface area contributed by atoms with Gasteiger partial charge < -0.3 is 15.2 Å². The van der Waals surface area contributed by atoms with Gasteiger partial charge in [-0.15, -0.1) is 0 Å². The lowest BCUT2D eigenvalue weighted by atomic mass is 10.2. The van der Waals surface area contributed by atoms with Gasteiger partial charge in [-0.25, -0.2) is 0 Å². The molecule has 2 N–H and O–H groups in total. The van der Waals surface area contributed by atoms with Crippen LogP contribution in [0.3, 0.4) is 0 Å². The highest BCUT2D eigenvalue weighted by Crippen LogP contribution is 2.22. The molecule has 14 heavy (non-hydrogen) atoms. The molecule has 0 amide bonds. The van der Waals surface area contributed by atoms with Gasteiger partial charge in [0, 0.05) is 12.1 Å². The summed E-state index contributed by atoms with van der Waals surface area (Å²) in [6.07, 6.45) is 0. The number of hydrogen-bond acceptors (Lipinski definition) is 3. The molecular formula is C11H17NO2. The molecule has 0 bridgehead atoms. The summed E-state index contributed by atoms with van der Waals surface area (Å²) in [4.78, 5) is 0. The van der Waals surface area contributed by atoms with Gasteiger partial charge in [0.05, 0.1) is 7.11 Å². The van der Waals surface area contributed by atoms with Crippen LogP contribution in [-0.2, 0) is 0 Å². The first-order chi connectivity index (χ1) is 6.61. The monoisotopic (exact) mass is 195 g/mol. The van der Waals surface area contributed by atoms with E-state index in [2.05, 4.69) is 0 Å². The van der Waals surface area contributed by atoms with Crippen LogP contribution in [0.15, 0.2) is 18.2 Å². The summed E-state index contributed by atoms with van der Waals surface area (Å²) >= 11 is 0. The predicted octanol–water partition coefficient (Wildman–Crippen LogP) is 1.73. The van der Waals surface area contributed by atoms with Crippen molar-refractivity contribution in [1.82, 2.24) is 0 Å². The molecule has 0 aliphatic carbocycles. The largest absolute Gasteiger partial charge is 0.497 e. The fraction of sp³-hybridized carbons (Fsp3) is 0.455. The van der Waals surface area contributed by atoms with E-state index >= 15 is 0 Å². The van der Waals surface area contributed by atoms with Gasteiger partial charge in [-0.2, -0.15) is 0 Å². The zero-order valence-electron chi connectivity index (χ0n) is 8.91. The van der Waals surface area contributed by atoms with Crippen molar-refractivity contribution in [1.29, 1.82) is 0 Å². The third-order valence-corrected chi connectivity index (χ3v) is 1.77. The maximum atomic E-state index is 5.59. The lowest BCUT2D eigenvalue weighted by Crippen LogP contribution is -2.23. The highest BCUT2D eigenvalue weighted by molar-refractivity contribution is 5.37. The van der Waals surface area contributed by atoms with E-state index in [1.165, 1.54) is 0 Å². The Morgan fingerprint density at radius 2 is 1.93 bits per heavy atom. The second-order valence-corrected chi connectivity index (χ2v) is 3.47. The van der Waals surface area contributed by atoms with E-state index in [0.29, 0.717) is 6.61 Å². The molecular weight excluding hydrogens is 178 g/mol. The molecule has 0 fully saturated rings. The average Bonchev–Trinajstić information content (AvgIpc) is 2.14. The van der Waals surface area contributed by atoms with Gasteiger partial charge >= 0.3 is 0 Å². The van der Waals surface area contributed by atoms with Gasteiger partial charge in [0.1, 0.15) is 18.1 Å². The first-order valence-electron chi connectivity index (χ1n) is 4.66. The van der Waals surface area contributed by atoms with E-state index in [9.17, 15) is 0 Å². The molecule has 1 rings (SSSR count). The Kier molecular flexibility index (Phi) is 3.77. The van der Waals surface area contributed by atoms with Gasteiger partial charge in [0.2, 0.25) is 0 Å². The van der Waals surface area contributed by atoms with E-state index < -0.39 is 0 Å². The van der Waals surface area contributed by atoms with Crippen molar-refractivity contribution in [2.75, 3.05) is 13.7 Å². The summed E-state index contributed by atoms with van der Waals surface area (Å²) in [5.74, 6) is 1.61. The molecule has 0 aliphatic rings. The van der Waals surface area contributed by atoms with Crippen LogP contribution in [0.4, 0.5) is 0 Å². The SMILES string of the molecule is COc1cc(C)cc(OCC(C)N)c1. The summed E-state index contributed by atoms with van der Waals surface area (Å²) in [5.41, 5.74) is 6.71. The lowest BCUT2D eigenvalue weighted by Gasteiger charge is -2.10. The molecule has 0 heterocycles. The summed E-state index contributed by atoms with van der Waals surface area (Å²) in [6, 6.07) is 5.82. The number of nitrogens with two attached hydrogens (primary N) is 1. The molecule has 1 unspecified atom stereocenters. The van der Waals surface area contributed by atoms with Crippen molar-refractivity contribution in [2.45, 2.75) is 19.9 Å². The van der Waals surface area contributed by atoms with Crippen LogP contribution in [0.5, 0.6) is 11.5 Å². The first kappa shape index (κ1) is 10.9. The minimum Gasteiger partial charge on any atom is -0.497 e. The molecule has 3 heteroatoms. The normalized spacial score (nSPS) is 12.3. The van der Waals surface area contributed by atoms with Gasteiger partial charge in [0.15, 0.2) is 0 Å². The quantitative estimate of drug-likeness (QED) is 0.795. The predicted molar refractivity (Wildman–Crippen MR) is 56.9 cm³/mol. The van der Waals surface area contributed by atoms with Gasteiger partial charge in [0.25, 0.3) is 0 Å². The smallest absolute Gasteiger partial charge is 0.123 e. The van der Waals surface area contributed by atoms with Gasteiger partial charge in [-0.05, 0) is 31.5 Å². The number of aryl methyl sites for hydroxylation is 1. The molecule has 0 saturated heterocycles. The molecule has 3 nitrogen and oxygen atoms in total. The first-order valence-corrected chi connectivity index (χ1v) is 4.66. The standard InChI is InChI=1S/C11H17NO2/c1-8-4-10(13-3)6-11(5-8)14-7-9(2)12/h4-6,9H,7,12H2,1-3H3. The Labute approximate surface area is 84.8 Å². The molecule has 1 atom stereocenters. The Bertz CT molecular complexity index is 297. The van der Waals surface area contributed by atoms with E-state index in [4.69, 9.17) is 15.2 Å². The highest BCUT2D eigenvalue weighted by Gasteiger charge is 2.00. The molecule has 0 spiro atoms. The topological polar surface area (TPSA) is 44.5 Å². The maximum absolute atomic E-state index is 5.59. The summed E-state index contributed by atoms with van der Waals surface area (Å²) in [6.45, 7) is 4.43. The van der Waals surface area contributed by atoms with E-state index in [1.807, 2.05) is 32.0 Å². The fourth-order valence-electron chi connectivity index (χ4n) is 1.14. The maximum Gasteiger partial charge on any atom is 0.123 e. The Morgan fingerprint density at radius 3 is 2.50 bits per heavy atom. The van der Waals surface area contributed by atoms with Crippen molar-refractivity contribution < 1.29 is 9.47 Å². The van der Waals surface area contributed by atoms with Crippen molar-refractivity contribution in [3.63, 3.8) is 0 Å². The van der Waals surface area contributed by atoms with Crippen molar-refractivity contribution in [3.8, 4) is 11.5 Å². The van der Waals surface area contributed by atoms with E-state index in [1.54, 1.807) is 7.11 Å². The number of hydrogen-bond donors (Lipinski definition) is 1. The summed E-state index contributed by atoms with van der Waals surface area (Å²) < 4.78 is 10.6. The lowest BCUT2D eigenvalue weighted by molar-refractivity contribution is 0.294. The van der Waals surface area contributed by atoms with Crippen molar-refractivity contribution >= 4 is 0 Å². The van der Waals surface area contributed by atoms with Crippen LogP contribution < -0.4 is 15.2 Å². The third-order valence-electron chi connectivity index (χ3n) is 1.77. The van der Waals surface area contributed by atoms with Gasteiger partial charge in [-0.1, -0.05) is 0 Å². The molecule has 1 aromatic rings. The minimum absolute atomic E-state index is 0.0431. The molecule has 0 aromatic heterocycles. The third kappa shape index (κ3) is 3.26. The number of benzene rings is 1. The van der Waals surface area contributed by atoms with Crippen molar-refractivity contribution in [3.05, 3.63) is 23.8 Å². The highest BCUT2D eigenvalue weighted by atomic mass is 16.5. The summed E-state index contributed by atoms with van der Waals surface area (Å²) in [5, 5.41) is 0. The van der Waals surface area contributed by atoms with Crippen LogP contribution in [0, 0.1) is 6.92 Å². The minimum atomic E-state index is 0.0431. The second kappa shape index (κ2) is 4.86. The van der Waals surface area contributed by atoms with Gasteiger partial charge in [-0.3, -0.25) is 0 Å². The van der Waals surface area contributed by atoms with Crippen LogP contribution >= 0.6 is 0 Å². The average molecular weight is 195 g/mol. The van der Waals surface area contributed by atoms with Crippen molar-refractivity contribution in [2.24, 2.45) is 5.73 Å².